The number of nitrogens with zero attached hydrogens (tertiary/aromatic N) is 4. The van der Waals surface area contributed by atoms with E-state index in [0.717, 1.165) is 5.82 Å². The van der Waals surface area contributed by atoms with Crippen molar-refractivity contribution in [2.45, 2.75) is 6.10 Å². The largest absolute Gasteiger partial charge is 0.360 e. The number of hydrogen-bond donors (Lipinski definition) is 2. The van der Waals surface area contributed by atoms with Crippen molar-refractivity contribution in [3.05, 3.63) is 12.3 Å². The summed E-state index contributed by atoms with van der Waals surface area (Å²) in [7, 11) is 0. The van der Waals surface area contributed by atoms with E-state index in [0.29, 0.717) is 25.6 Å². The zero-order valence-electron chi connectivity index (χ0n) is 8.63. The van der Waals surface area contributed by atoms with E-state index in [9.17, 15) is 0 Å². The smallest absolute Gasteiger partial charge is 0.239 e. The number of hydrogen-bond acceptors (Lipinski definition) is 7. The second-order valence-corrected chi connectivity index (χ2v) is 3.32. The summed E-state index contributed by atoms with van der Waals surface area (Å²) < 4.78 is 5.25. The Kier molecular flexibility index (Phi) is 3.14. The Balaban J connectivity index is 2.14. The van der Waals surface area contributed by atoms with Crippen molar-refractivity contribution in [2.24, 2.45) is 5.84 Å². The molecule has 1 aliphatic rings. The Labute approximate surface area is 92.8 Å². The van der Waals surface area contributed by atoms with E-state index in [1.165, 1.54) is 0 Å². The van der Waals surface area contributed by atoms with Crippen LogP contribution in [0, 0.1) is 11.3 Å². The fourth-order valence-electron chi connectivity index (χ4n) is 1.53. The van der Waals surface area contributed by atoms with E-state index in [1.807, 2.05) is 4.90 Å². The lowest BCUT2D eigenvalue weighted by molar-refractivity contribution is 0.0761. The molecule has 2 rings (SSSR count). The quantitative estimate of drug-likeness (QED) is 0.511. The van der Waals surface area contributed by atoms with Crippen LogP contribution < -0.4 is 16.2 Å². The highest BCUT2D eigenvalue weighted by Gasteiger charge is 2.21. The lowest BCUT2D eigenvalue weighted by atomic mass is 10.3. The molecule has 1 saturated heterocycles. The lowest BCUT2D eigenvalue weighted by Gasteiger charge is -2.30. The highest BCUT2D eigenvalue weighted by molar-refractivity contribution is 5.42. The summed E-state index contributed by atoms with van der Waals surface area (Å²) in [6, 6.07) is 3.86. The summed E-state index contributed by atoms with van der Waals surface area (Å²) in [5, 5.41) is 8.79. The minimum Gasteiger partial charge on any atom is -0.360 e. The third kappa shape index (κ3) is 2.18. The summed E-state index contributed by atoms with van der Waals surface area (Å²) in [4.78, 5) is 10.1. The second-order valence-electron chi connectivity index (χ2n) is 3.32. The van der Waals surface area contributed by atoms with Crippen LogP contribution in [0.25, 0.3) is 0 Å². The number of nitrogens with two attached hydrogens (primary N) is 1. The number of rotatable bonds is 2. The molecule has 1 unspecified atom stereocenters. The van der Waals surface area contributed by atoms with Crippen LogP contribution in [0.4, 0.5) is 11.8 Å². The summed E-state index contributed by atoms with van der Waals surface area (Å²) in [6.07, 6.45) is 1.21. The van der Waals surface area contributed by atoms with Crippen molar-refractivity contribution in [2.75, 3.05) is 30.0 Å². The molecule has 0 saturated carbocycles. The van der Waals surface area contributed by atoms with E-state index in [2.05, 4.69) is 21.5 Å². The molecule has 2 heterocycles. The van der Waals surface area contributed by atoms with Gasteiger partial charge in [-0.3, -0.25) is 5.43 Å². The Morgan fingerprint density at radius 1 is 1.69 bits per heavy atom. The van der Waals surface area contributed by atoms with Gasteiger partial charge >= 0.3 is 0 Å². The fourth-order valence-corrected chi connectivity index (χ4v) is 1.53. The fraction of sp³-hybridized carbons (Fsp3) is 0.444. The zero-order chi connectivity index (χ0) is 11.4. The van der Waals surface area contributed by atoms with E-state index in [4.69, 9.17) is 15.8 Å². The van der Waals surface area contributed by atoms with Crippen LogP contribution in [0.1, 0.15) is 0 Å². The summed E-state index contributed by atoms with van der Waals surface area (Å²) in [5.74, 6) is 6.33. The van der Waals surface area contributed by atoms with Gasteiger partial charge < -0.3 is 9.64 Å². The minimum atomic E-state index is -0.405. The van der Waals surface area contributed by atoms with Gasteiger partial charge in [0.05, 0.1) is 19.2 Å². The maximum atomic E-state index is 8.79. The van der Waals surface area contributed by atoms with Gasteiger partial charge in [-0.05, 0) is 6.07 Å². The Bertz CT molecular complexity index is 403. The number of anilines is 2. The highest BCUT2D eigenvalue weighted by Crippen LogP contribution is 2.15. The van der Waals surface area contributed by atoms with Crippen LogP contribution in [0.15, 0.2) is 12.3 Å². The number of nitrogens with one attached hydrogen (secondary N) is 1. The molecule has 0 aromatic carbocycles. The van der Waals surface area contributed by atoms with Gasteiger partial charge in [-0.1, -0.05) is 0 Å². The molecule has 1 fully saturated rings. The molecule has 1 atom stereocenters. The number of morpholine rings is 1. The van der Waals surface area contributed by atoms with Crippen molar-refractivity contribution in [3.63, 3.8) is 0 Å². The van der Waals surface area contributed by atoms with Crippen LogP contribution in [0.3, 0.4) is 0 Å². The predicted octanol–water partition coefficient (Wildman–Crippen LogP) is -0.509. The average molecular weight is 220 g/mol. The molecule has 1 aliphatic heterocycles. The Morgan fingerprint density at radius 3 is 3.31 bits per heavy atom. The number of hydrazine groups is 1. The monoisotopic (exact) mass is 220 g/mol. The maximum absolute atomic E-state index is 8.79. The van der Waals surface area contributed by atoms with Crippen LogP contribution in [0.5, 0.6) is 0 Å². The molecular weight excluding hydrogens is 208 g/mol. The Morgan fingerprint density at radius 2 is 2.56 bits per heavy atom. The molecule has 3 N–H and O–H groups in total. The van der Waals surface area contributed by atoms with Gasteiger partial charge in [0.15, 0.2) is 6.10 Å². The predicted molar refractivity (Wildman–Crippen MR) is 57.4 cm³/mol. The maximum Gasteiger partial charge on any atom is 0.239 e. The molecule has 16 heavy (non-hydrogen) atoms. The SMILES string of the molecule is N#CC1CN(c2ccnc(NN)n2)CCO1. The Hall–Kier alpha value is -1.91. The van der Waals surface area contributed by atoms with Crippen molar-refractivity contribution in [3.8, 4) is 6.07 Å². The van der Waals surface area contributed by atoms with E-state index in [1.54, 1.807) is 12.3 Å². The van der Waals surface area contributed by atoms with Crippen molar-refractivity contribution >= 4 is 11.8 Å². The van der Waals surface area contributed by atoms with Gasteiger partial charge in [0.25, 0.3) is 0 Å². The van der Waals surface area contributed by atoms with Gasteiger partial charge in [-0.2, -0.15) is 10.2 Å². The molecule has 7 heteroatoms. The summed E-state index contributed by atoms with van der Waals surface area (Å²) in [6.45, 7) is 1.74. The molecule has 0 amide bonds. The number of aromatic nitrogens is 2. The molecule has 0 bridgehead atoms. The van der Waals surface area contributed by atoms with Crippen LogP contribution in [-0.4, -0.2) is 35.8 Å². The first kappa shape index (κ1) is 10.6. The molecule has 1 aromatic heterocycles. The first-order valence-corrected chi connectivity index (χ1v) is 4.89. The van der Waals surface area contributed by atoms with Gasteiger partial charge in [-0.15, -0.1) is 0 Å². The number of ether oxygens (including phenoxy) is 1. The van der Waals surface area contributed by atoms with Crippen LogP contribution in [0.2, 0.25) is 0 Å². The van der Waals surface area contributed by atoms with Gasteiger partial charge in [0, 0.05) is 12.7 Å². The van der Waals surface area contributed by atoms with Gasteiger partial charge in [0.2, 0.25) is 5.95 Å². The normalized spacial score (nSPS) is 20.2. The molecule has 0 radical (unpaired) electrons. The van der Waals surface area contributed by atoms with Gasteiger partial charge in [0.1, 0.15) is 5.82 Å². The number of nitriles is 1. The summed E-state index contributed by atoms with van der Waals surface area (Å²) in [5.41, 5.74) is 2.39. The van der Waals surface area contributed by atoms with Crippen molar-refractivity contribution in [1.29, 1.82) is 5.26 Å². The lowest BCUT2D eigenvalue weighted by Crippen LogP contribution is -2.42. The van der Waals surface area contributed by atoms with Gasteiger partial charge in [-0.25, -0.2) is 10.8 Å². The van der Waals surface area contributed by atoms with E-state index in [-0.39, 0.29) is 0 Å². The third-order valence-electron chi connectivity index (χ3n) is 2.30. The molecule has 1 aromatic rings. The standard InChI is InChI=1S/C9H12N6O/c10-5-7-6-15(3-4-16-7)8-1-2-12-9(13-8)14-11/h1-2,7H,3-4,6,11H2,(H,12,13,14). The minimum absolute atomic E-state index is 0.359. The molecule has 7 nitrogen and oxygen atoms in total. The molecule has 0 aliphatic carbocycles. The second kappa shape index (κ2) is 4.74. The number of nitrogen functional groups attached to an aromatic ring is 1. The average Bonchev–Trinajstić information content (AvgIpc) is 2.39. The molecule has 84 valence electrons. The van der Waals surface area contributed by atoms with Crippen molar-refractivity contribution in [1.82, 2.24) is 9.97 Å². The third-order valence-corrected chi connectivity index (χ3v) is 2.30. The van der Waals surface area contributed by atoms with E-state index >= 15 is 0 Å². The summed E-state index contributed by atoms with van der Waals surface area (Å²) >= 11 is 0. The van der Waals surface area contributed by atoms with Crippen molar-refractivity contribution < 1.29 is 4.74 Å². The van der Waals surface area contributed by atoms with Crippen LogP contribution in [-0.2, 0) is 4.74 Å². The molecule has 0 spiro atoms. The highest BCUT2D eigenvalue weighted by atomic mass is 16.5. The zero-order valence-corrected chi connectivity index (χ0v) is 8.63. The topological polar surface area (TPSA) is 100 Å². The molecular formula is C9H12N6O. The van der Waals surface area contributed by atoms with Crippen LogP contribution >= 0.6 is 0 Å². The first-order valence-electron chi connectivity index (χ1n) is 4.89. The van der Waals surface area contributed by atoms with E-state index < -0.39 is 6.10 Å². The first-order chi connectivity index (χ1) is 7.83.